The van der Waals surface area contributed by atoms with Crippen molar-refractivity contribution in [1.82, 2.24) is 15.1 Å². The average molecular weight is 474 g/mol. The third kappa shape index (κ3) is 5.10. The SMILES string of the molecule is Cc1c([C@@H](C)Nc2nnc(CN(C)C)c3ccc(N4CCOCC4)cc23)cccc1C(F)(F)F. The molecule has 6 nitrogen and oxygen atoms in total. The van der Waals surface area contributed by atoms with E-state index in [0.29, 0.717) is 31.1 Å². The first kappa shape index (κ1) is 24.2. The van der Waals surface area contributed by atoms with E-state index >= 15 is 0 Å². The van der Waals surface area contributed by atoms with Crippen LogP contribution in [0.15, 0.2) is 36.4 Å². The van der Waals surface area contributed by atoms with Gasteiger partial charge in [0.25, 0.3) is 0 Å². The van der Waals surface area contributed by atoms with Gasteiger partial charge in [-0.15, -0.1) is 5.10 Å². The molecule has 0 spiro atoms. The van der Waals surface area contributed by atoms with Crippen LogP contribution in [-0.4, -0.2) is 55.5 Å². The van der Waals surface area contributed by atoms with Gasteiger partial charge in [-0.3, -0.25) is 0 Å². The van der Waals surface area contributed by atoms with E-state index in [1.54, 1.807) is 6.07 Å². The molecular weight excluding hydrogens is 443 g/mol. The number of fused-ring (bicyclic) bond motifs is 1. The minimum atomic E-state index is -4.40. The normalized spacial score (nSPS) is 15.7. The molecule has 0 saturated carbocycles. The van der Waals surface area contributed by atoms with Crippen molar-refractivity contribution in [2.24, 2.45) is 0 Å². The number of alkyl halides is 3. The first-order valence-electron chi connectivity index (χ1n) is 11.3. The smallest absolute Gasteiger partial charge is 0.378 e. The minimum Gasteiger partial charge on any atom is -0.378 e. The van der Waals surface area contributed by atoms with Gasteiger partial charge in [-0.2, -0.15) is 18.3 Å². The third-order valence-electron chi connectivity index (χ3n) is 6.18. The number of morpholine rings is 1. The van der Waals surface area contributed by atoms with Gasteiger partial charge in [-0.1, -0.05) is 18.2 Å². The van der Waals surface area contributed by atoms with Crippen LogP contribution in [0.2, 0.25) is 0 Å². The molecule has 1 saturated heterocycles. The Morgan fingerprint density at radius 1 is 1.09 bits per heavy atom. The molecule has 4 rings (SSSR count). The Morgan fingerprint density at radius 2 is 1.82 bits per heavy atom. The fourth-order valence-corrected chi connectivity index (χ4v) is 4.45. The summed E-state index contributed by atoms with van der Waals surface area (Å²) in [5, 5.41) is 14.1. The van der Waals surface area contributed by atoms with Gasteiger partial charge in [0, 0.05) is 36.1 Å². The van der Waals surface area contributed by atoms with E-state index in [1.165, 1.54) is 13.0 Å². The largest absolute Gasteiger partial charge is 0.416 e. The number of nitrogens with one attached hydrogen (secondary N) is 1. The van der Waals surface area contributed by atoms with Crippen molar-refractivity contribution in [3.05, 3.63) is 58.8 Å². The van der Waals surface area contributed by atoms with Crippen LogP contribution in [0.3, 0.4) is 0 Å². The van der Waals surface area contributed by atoms with Crippen LogP contribution in [0.5, 0.6) is 0 Å². The fraction of sp³-hybridized carbons (Fsp3) is 0.440. The number of halogens is 3. The molecule has 3 aromatic rings. The van der Waals surface area contributed by atoms with E-state index in [1.807, 2.05) is 25.9 Å². The Morgan fingerprint density at radius 3 is 2.50 bits per heavy atom. The second-order valence-corrected chi connectivity index (χ2v) is 8.95. The highest BCUT2D eigenvalue weighted by molar-refractivity contribution is 5.95. The zero-order valence-corrected chi connectivity index (χ0v) is 19.9. The molecule has 1 atom stereocenters. The second kappa shape index (κ2) is 9.76. The van der Waals surface area contributed by atoms with Crippen molar-refractivity contribution in [3.63, 3.8) is 0 Å². The molecule has 0 amide bonds. The summed E-state index contributed by atoms with van der Waals surface area (Å²) in [5.41, 5.74) is 2.08. The van der Waals surface area contributed by atoms with E-state index in [-0.39, 0.29) is 5.56 Å². The number of ether oxygens (including phenoxy) is 1. The zero-order chi connectivity index (χ0) is 24.5. The van der Waals surface area contributed by atoms with Gasteiger partial charge in [0.15, 0.2) is 5.82 Å². The van der Waals surface area contributed by atoms with E-state index in [4.69, 9.17) is 4.74 Å². The predicted octanol–water partition coefficient (Wildman–Crippen LogP) is 5.03. The van der Waals surface area contributed by atoms with Crippen LogP contribution in [-0.2, 0) is 17.5 Å². The molecule has 1 aliphatic heterocycles. The molecule has 1 N–H and O–H groups in total. The molecule has 2 aromatic carbocycles. The summed E-state index contributed by atoms with van der Waals surface area (Å²) in [6, 6.07) is 10.1. The fourth-order valence-electron chi connectivity index (χ4n) is 4.45. The molecular formula is C25H30F3N5O. The van der Waals surface area contributed by atoms with Crippen LogP contribution >= 0.6 is 0 Å². The molecule has 182 valence electrons. The van der Waals surface area contributed by atoms with Crippen LogP contribution in [0.1, 0.15) is 35.3 Å². The van der Waals surface area contributed by atoms with Gasteiger partial charge in [-0.05, 0) is 57.3 Å². The lowest BCUT2D eigenvalue weighted by Gasteiger charge is -2.29. The molecule has 0 radical (unpaired) electrons. The monoisotopic (exact) mass is 473 g/mol. The van der Waals surface area contributed by atoms with Crippen molar-refractivity contribution in [2.45, 2.75) is 32.6 Å². The van der Waals surface area contributed by atoms with Crippen LogP contribution in [0, 0.1) is 6.92 Å². The lowest BCUT2D eigenvalue weighted by molar-refractivity contribution is -0.138. The van der Waals surface area contributed by atoms with Crippen molar-refractivity contribution < 1.29 is 17.9 Å². The summed E-state index contributed by atoms with van der Waals surface area (Å²) in [7, 11) is 3.94. The summed E-state index contributed by atoms with van der Waals surface area (Å²) in [5.74, 6) is 0.553. The molecule has 2 heterocycles. The Balaban J connectivity index is 1.74. The van der Waals surface area contributed by atoms with Crippen molar-refractivity contribution in [1.29, 1.82) is 0 Å². The highest BCUT2D eigenvalue weighted by Crippen LogP contribution is 2.36. The molecule has 1 aliphatic rings. The average Bonchev–Trinajstić information content (AvgIpc) is 2.80. The maximum Gasteiger partial charge on any atom is 0.416 e. The number of rotatable bonds is 6. The number of hydrogen-bond acceptors (Lipinski definition) is 6. The first-order valence-corrected chi connectivity index (χ1v) is 11.3. The lowest BCUT2D eigenvalue weighted by atomic mass is 9.97. The molecule has 0 unspecified atom stereocenters. The van der Waals surface area contributed by atoms with Crippen LogP contribution in [0.4, 0.5) is 24.7 Å². The molecule has 0 aliphatic carbocycles. The van der Waals surface area contributed by atoms with E-state index in [0.717, 1.165) is 41.3 Å². The Labute approximate surface area is 197 Å². The van der Waals surface area contributed by atoms with Crippen molar-refractivity contribution in [3.8, 4) is 0 Å². The summed E-state index contributed by atoms with van der Waals surface area (Å²) in [4.78, 5) is 4.29. The molecule has 1 aromatic heterocycles. The third-order valence-corrected chi connectivity index (χ3v) is 6.18. The van der Waals surface area contributed by atoms with Crippen molar-refractivity contribution in [2.75, 3.05) is 50.6 Å². The quantitative estimate of drug-likeness (QED) is 0.542. The number of nitrogens with zero attached hydrogens (tertiary/aromatic N) is 4. The lowest BCUT2D eigenvalue weighted by Crippen LogP contribution is -2.36. The topological polar surface area (TPSA) is 53.5 Å². The second-order valence-electron chi connectivity index (χ2n) is 8.95. The van der Waals surface area contributed by atoms with Gasteiger partial charge in [0.2, 0.25) is 0 Å². The van der Waals surface area contributed by atoms with Crippen LogP contribution in [0.25, 0.3) is 10.8 Å². The zero-order valence-electron chi connectivity index (χ0n) is 19.9. The summed E-state index contributed by atoms with van der Waals surface area (Å²) in [6.45, 7) is 6.94. The van der Waals surface area contributed by atoms with Crippen LogP contribution < -0.4 is 10.2 Å². The Bertz CT molecular complexity index is 1160. The minimum absolute atomic E-state index is 0.213. The van der Waals surface area contributed by atoms with Gasteiger partial charge < -0.3 is 19.9 Å². The summed E-state index contributed by atoms with van der Waals surface area (Å²) >= 11 is 0. The first-order chi connectivity index (χ1) is 16.1. The van der Waals surface area contributed by atoms with Gasteiger partial charge in [-0.25, -0.2) is 0 Å². The highest BCUT2D eigenvalue weighted by Gasteiger charge is 2.33. The molecule has 0 bridgehead atoms. The number of benzene rings is 2. The van der Waals surface area contributed by atoms with Gasteiger partial charge in [0.05, 0.1) is 30.5 Å². The Hall–Kier alpha value is -2.91. The van der Waals surface area contributed by atoms with Gasteiger partial charge in [0.1, 0.15) is 0 Å². The maximum absolute atomic E-state index is 13.4. The molecule has 34 heavy (non-hydrogen) atoms. The van der Waals surface area contributed by atoms with E-state index < -0.39 is 17.8 Å². The Kier molecular flexibility index (Phi) is 6.95. The number of anilines is 2. The summed E-state index contributed by atoms with van der Waals surface area (Å²) in [6.07, 6.45) is -4.40. The highest BCUT2D eigenvalue weighted by atomic mass is 19.4. The van der Waals surface area contributed by atoms with E-state index in [2.05, 4.69) is 38.6 Å². The van der Waals surface area contributed by atoms with E-state index in [9.17, 15) is 13.2 Å². The van der Waals surface area contributed by atoms with Gasteiger partial charge >= 0.3 is 6.18 Å². The maximum atomic E-state index is 13.4. The molecule has 1 fully saturated rings. The standard InChI is InChI=1S/C25H30F3N5O/c1-16-19(6-5-7-22(16)25(26,27)28)17(2)29-24-21-14-18(33-10-12-34-13-11-33)8-9-20(21)23(30-31-24)15-32(3)4/h5-9,14,17H,10-13,15H2,1-4H3,(H,29,31)/t17-/m1/s1. The summed E-state index contributed by atoms with van der Waals surface area (Å²) < 4.78 is 45.8. The predicted molar refractivity (Wildman–Crippen MR) is 128 cm³/mol. The van der Waals surface area contributed by atoms with Crippen molar-refractivity contribution >= 4 is 22.3 Å². The number of hydrogen-bond donors (Lipinski definition) is 1. The number of aromatic nitrogens is 2. The molecule has 9 heteroatoms.